The molecule has 6 rings (SSSR count). The first-order valence-corrected chi connectivity index (χ1v) is 16.0. The number of amides is 2. The van der Waals surface area contributed by atoms with E-state index in [-0.39, 0.29) is 50.0 Å². The Morgan fingerprint density at radius 2 is 1.76 bits per heavy atom. The van der Waals surface area contributed by atoms with Crippen molar-refractivity contribution in [3.05, 3.63) is 32.9 Å². The summed E-state index contributed by atoms with van der Waals surface area (Å²) < 4.78 is 17.9. The molecule has 4 N–H and O–H groups in total. The van der Waals surface area contributed by atoms with E-state index in [1.807, 2.05) is 0 Å². The van der Waals surface area contributed by atoms with Gasteiger partial charge in [0.1, 0.15) is 18.8 Å². The Morgan fingerprint density at radius 3 is 2.33 bits per heavy atom. The molecule has 232 valence electrons. The average Bonchev–Trinajstić information content (AvgIpc) is 2.95. The summed E-state index contributed by atoms with van der Waals surface area (Å²) in [5.41, 5.74) is 1.04. The van der Waals surface area contributed by atoms with E-state index in [4.69, 9.17) is 14.2 Å². The number of nitrogens with one attached hydrogen (secondary N) is 1. The summed E-state index contributed by atoms with van der Waals surface area (Å²) in [5, 5.41) is 33.5. The van der Waals surface area contributed by atoms with Crippen LogP contribution in [0.25, 0.3) is 0 Å². The molecule has 0 spiro atoms. The lowest BCUT2D eigenvalue weighted by atomic mass is 9.49. The molecular formula is C31H43IN2O8. The molecule has 0 aromatic heterocycles. The van der Waals surface area contributed by atoms with E-state index in [9.17, 15) is 24.9 Å². The number of hydrogen-bond acceptors (Lipinski definition) is 8. The molecule has 0 aliphatic heterocycles. The van der Waals surface area contributed by atoms with Gasteiger partial charge >= 0.3 is 0 Å². The Hall–Kier alpha value is -1.93. The summed E-state index contributed by atoms with van der Waals surface area (Å²) in [6.45, 7) is 0.109. The van der Waals surface area contributed by atoms with Crippen LogP contribution in [0.5, 0.6) is 11.5 Å². The monoisotopic (exact) mass is 698 g/mol. The van der Waals surface area contributed by atoms with Gasteiger partial charge in [-0.1, -0.05) is 0 Å². The lowest BCUT2D eigenvalue weighted by molar-refractivity contribution is -0.150. The third-order valence-corrected chi connectivity index (χ3v) is 10.4. The number of ether oxygens (including phenoxy) is 3. The molecule has 1 aromatic rings. The van der Waals surface area contributed by atoms with Crippen LogP contribution in [0.3, 0.4) is 0 Å². The van der Waals surface area contributed by atoms with Crippen molar-refractivity contribution in [3.63, 3.8) is 0 Å². The van der Waals surface area contributed by atoms with Crippen molar-refractivity contribution in [2.45, 2.75) is 69.8 Å². The van der Waals surface area contributed by atoms with Gasteiger partial charge in [0.05, 0.1) is 29.9 Å². The van der Waals surface area contributed by atoms with Gasteiger partial charge in [0.15, 0.2) is 11.5 Å². The van der Waals surface area contributed by atoms with Crippen molar-refractivity contribution in [1.29, 1.82) is 0 Å². The Balaban J connectivity index is 1.48. The molecule has 0 heterocycles. The molecule has 10 nitrogen and oxygen atoms in total. The van der Waals surface area contributed by atoms with E-state index >= 15 is 0 Å². The molecule has 3 unspecified atom stereocenters. The lowest BCUT2D eigenvalue weighted by Gasteiger charge is -2.58. The largest absolute Gasteiger partial charge is 0.493 e. The van der Waals surface area contributed by atoms with Gasteiger partial charge in [-0.2, -0.15) is 0 Å². The first-order chi connectivity index (χ1) is 20.2. The maximum absolute atomic E-state index is 13.7. The first-order valence-electron chi connectivity index (χ1n) is 14.9. The number of rotatable bonds is 12. The zero-order chi connectivity index (χ0) is 30.0. The van der Waals surface area contributed by atoms with E-state index < -0.39 is 18.2 Å². The van der Waals surface area contributed by atoms with Crippen molar-refractivity contribution in [2.75, 3.05) is 40.5 Å². The van der Waals surface area contributed by atoms with Gasteiger partial charge < -0.3 is 39.7 Å². The van der Waals surface area contributed by atoms with Crippen LogP contribution in [0, 0.1) is 26.7 Å². The summed E-state index contributed by atoms with van der Waals surface area (Å²) in [6.07, 6.45) is 6.76. The topological polar surface area (TPSA) is 138 Å². The lowest BCUT2D eigenvalue weighted by Crippen LogP contribution is -2.60. The van der Waals surface area contributed by atoms with Crippen LogP contribution in [0.15, 0.2) is 23.8 Å². The molecule has 0 radical (unpaired) electrons. The van der Waals surface area contributed by atoms with Gasteiger partial charge in [-0.15, -0.1) is 0 Å². The summed E-state index contributed by atoms with van der Waals surface area (Å²) in [7, 11) is 2.99. The summed E-state index contributed by atoms with van der Waals surface area (Å²) in [5.74, 6) is 2.26. The highest BCUT2D eigenvalue weighted by Crippen LogP contribution is 2.60. The number of benzene rings is 1. The zero-order valence-electron chi connectivity index (χ0n) is 24.4. The second kappa shape index (κ2) is 13.4. The van der Waals surface area contributed by atoms with Crippen molar-refractivity contribution in [3.8, 4) is 11.5 Å². The quantitative estimate of drug-likeness (QED) is 0.245. The van der Waals surface area contributed by atoms with Crippen molar-refractivity contribution in [1.82, 2.24) is 10.2 Å². The molecule has 4 saturated carbocycles. The van der Waals surface area contributed by atoms with Gasteiger partial charge in [-0.3, -0.25) is 9.59 Å². The minimum atomic E-state index is -1.13. The van der Waals surface area contributed by atoms with Crippen LogP contribution < -0.4 is 14.8 Å². The normalized spacial score (nSPS) is 31.4. The number of hydrogen-bond donors (Lipinski definition) is 4. The maximum Gasteiger partial charge on any atom is 0.248 e. The average molecular weight is 699 g/mol. The van der Waals surface area contributed by atoms with Crippen LogP contribution in [0.2, 0.25) is 0 Å². The molecular weight excluding hydrogens is 655 g/mol. The van der Waals surface area contributed by atoms with Crippen LogP contribution >= 0.6 is 22.6 Å². The van der Waals surface area contributed by atoms with Crippen LogP contribution in [-0.4, -0.2) is 90.8 Å². The number of carbonyl (C=O) groups is 2. The smallest absolute Gasteiger partial charge is 0.248 e. The maximum atomic E-state index is 13.7. The summed E-state index contributed by atoms with van der Waals surface area (Å²) in [6, 6.07) is 2.72. The second-order valence-corrected chi connectivity index (χ2v) is 13.8. The number of aliphatic hydroxyl groups is 3. The Bertz CT molecular complexity index is 1150. The number of carbonyl (C=O) groups excluding carboxylic acids is 2. The SMILES string of the molecule is COCC(=O)N(CC12CC3CC(CC(C3)C1)C2)C1CC(C(=O)NCCO)=CC(Oc2c(I)cc(CO)cc2OC)C1O. The molecule has 5 aliphatic carbocycles. The second-order valence-electron chi connectivity index (χ2n) is 12.7. The van der Waals surface area contributed by atoms with Crippen LogP contribution in [0.4, 0.5) is 0 Å². The number of halogens is 1. The van der Waals surface area contributed by atoms with Gasteiger partial charge in [0, 0.05) is 32.2 Å². The van der Waals surface area contributed by atoms with Crippen LogP contribution in [0.1, 0.15) is 50.5 Å². The van der Waals surface area contributed by atoms with Gasteiger partial charge in [0.2, 0.25) is 11.8 Å². The molecule has 5 aliphatic rings. The fourth-order valence-electron chi connectivity index (χ4n) is 8.34. The minimum absolute atomic E-state index is 0.00736. The number of aliphatic hydroxyl groups excluding tert-OH is 3. The fourth-order valence-corrected chi connectivity index (χ4v) is 9.13. The number of methoxy groups -OCH3 is 2. The third-order valence-electron chi connectivity index (χ3n) is 9.60. The zero-order valence-corrected chi connectivity index (χ0v) is 26.5. The minimum Gasteiger partial charge on any atom is -0.493 e. The van der Waals surface area contributed by atoms with E-state index in [0.717, 1.165) is 19.3 Å². The molecule has 3 atom stereocenters. The standard InChI is InChI=1S/C31H43IN2O8/c1-40-16-27(37)34(17-31-12-18-5-19(13-31)7-20(6-18)14-31)24-10-22(30(39)33-3-4-35)11-25(28(24)38)42-29-23(32)8-21(15-36)9-26(29)41-2/h8-9,11,18-20,24-25,28,35-36,38H,3-7,10,12-17H2,1-2H3,(H,33,39). The Labute approximate surface area is 260 Å². The Kier molecular flexibility index (Phi) is 10.0. The van der Waals surface area contributed by atoms with Gasteiger partial charge in [-0.25, -0.2) is 0 Å². The number of nitrogens with zero attached hydrogens (tertiary/aromatic N) is 1. The van der Waals surface area contributed by atoms with Gasteiger partial charge in [0.25, 0.3) is 0 Å². The summed E-state index contributed by atoms with van der Waals surface area (Å²) in [4.78, 5) is 28.7. The van der Waals surface area contributed by atoms with Gasteiger partial charge in [-0.05, 0) is 108 Å². The highest BCUT2D eigenvalue weighted by molar-refractivity contribution is 14.1. The van der Waals surface area contributed by atoms with Crippen LogP contribution in [-0.2, 0) is 20.9 Å². The highest BCUT2D eigenvalue weighted by atomic mass is 127. The van der Waals surface area contributed by atoms with Crippen molar-refractivity contribution < 1.29 is 39.1 Å². The molecule has 11 heteroatoms. The predicted molar refractivity (Wildman–Crippen MR) is 163 cm³/mol. The van der Waals surface area contributed by atoms with E-state index in [2.05, 4.69) is 27.9 Å². The molecule has 2 amide bonds. The van der Waals surface area contributed by atoms with Crippen molar-refractivity contribution >= 4 is 34.4 Å². The molecule has 42 heavy (non-hydrogen) atoms. The Morgan fingerprint density at radius 1 is 1.10 bits per heavy atom. The summed E-state index contributed by atoms with van der Waals surface area (Å²) >= 11 is 2.09. The molecule has 1 aromatic carbocycles. The highest BCUT2D eigenvalue weighted by Gasteiger charge is 2.53. The first kappa shape index (κ1) is 31.5. The third kappa shape index (κ3) is 6.59. The molecule has 4 bridgehead atoms. The molecule has 0 saturated heterocycles. The van der Waals surface area contributed by atoms with E-state index in [1.54, 1.807) is 23.1 Å². The molecule has 4 fully saturated rings. The van der Waals surface area contributed by atoms with Crippen molar-refractivity contribution in [2.24, 2.45) is 23.2 Å². The fraction of sp³-hybridized carbons (Fsp3) is 0.677. The van der Waals surface area contributed by atoms with E-state index in [1.165, 1.54) is 33.5 Å². The van der Waals surface area contributed by atoms with E-state index in [0.29, 0.717) is 50.5 Å². The predicted octanol–water partition coefficient (Wildman–Crippen LogP) is 2.40.